The Kier molecular flexibility index (Phi) is 6.16. The molecule has 0 radical (unpaired) electrons. The number of amides is 1. The lowest BCUT2D eigenvalue weighted by Gasteiger charge is -2.21. The Morgan fingerprint density at radius 2 is 1.97 bits per heavy atom. The quantitative estimate of drug-likeness (QED) is 0.532. The molecule has 2 aromatic rings. The van der Waals surface area contributed by atoms with E-state index in [9.17, 15) is 23.3 Å². The molecule has 1 amide bonds. The number of benzene rings is 2. The van der Waals surface area contributed by atoms with Crippen LogP contribution in [0.3, 0.4) is 0 Å². The van der Waals surface area contributed by atoms with E-state index in [1.807, 2.05) is 0 Å². The van der Waals surface area contributed by atoms with Gasteiger partial charge in [0.2, 0.25) is 15.9 Å². The first-order valence-corrected chi connectivity index (χ1v) is 11.1. The van der Waals surface area contributed by atoms with Crippen LogP contribution in [-0.4, -0.2) is 35.7 Å². The van der Waals surface area contributed by atoms with Crippen molar-refractivity contribution < 1.29 is 18.1 Å². The molecule has 0 saturated heterocycles. The summed E-state index contributed by atoms with van der Waals surface area (Å²) in [5.41, 5.74) is 2.25. The average Bonchev–Trinajstić information content (AvgIpc) is 3.19. The highest BCUT2D eigenvalue weighted by molar-refractivity contribution is 7.92. The molecule has 158 valence electrons. The Morgan fingerprint density at radius 3 is 2.63 bits per heavy atom. The number of hydrazone groups is 1. The van der Waals surface area contributed by atoms with Gasteiger partial charge in [0.1, 0.15) is 0 Å². The summed E-state index contributed by atoms with van der Waals surface area (Å²) in [6.45, 7) is 3.27. The second kappa shape index (κ2) is 8.62. The summed E-state index contributed by atoms with van der Waals surface area (Å²) >= 11 is 0. The summed E-state index contributed by atoms with van der Waals surface area (Å²) in [6.07, 6.45) is 0.593. The Labute approximate surface area is 174 Å². The summed E-state index contributed by atoms with van der Waals surface area (Å²) in [6, 6.07) is 12.5. The Bertz CT molecular complexity index is 1110. The zero-order valence-corrected chi connectivity index (χ0v) is 17.4. The van der Waals surface area contributed by atoms with Crippen LogP contribution in [0.1, 0.15) is 43.9 Å². The van der Waals surface area contributed by atoms with E-state index in [1.54, 1.807) is 50.2 Å². The van der Waals surface area contributed by atoms with Crippen molar-refractivity contribution in [3.05, 3.63) is 69.8 Å². The third-order valence-corrected chi connectivity index (χ3v) is 6.09. The minimum atomic E-state index is -3.43. The molecule has 0 spiro atoms. The van der Waals surface area contributed by atoms with Crippen molar-refractivity contribution in [2.24, 2.45) is 5.10 Å². The van der Waals surface area contributed by atoms with Gasteiger partial charge >= 0.3 is 0 Å². The molecule has 1 N–H and O–H groups in total. The lowest BCUT2D eigenvalue weighted by Crippen LogP contribution is -2.26. The first-order chi connectivity index (χ1) is 14.2. The van der Waals surface area contributed by atoms with E-state index in [-0.39, 0.29) is 23.8 Å². The molecular formula is C20H22N4O5S. The van der Waals surface area contributed by atoms with E-state index < -0.39 is 21.0 Å². The number of carbonyl (C=O) groups excluding carboxylic acids is 1. The molecule has 1 atom stereocenters. The minimum Gasteiger partial charge on any atom is -0.284 e. The summed E-state index contributed by atoms with van der Waals surface area (Å²) in [4.78, 5) is 23.1. The summed E-state index contributed by atoms with van der Waals surface area (Å²) < 4.78 is 26.2. The molecule has 1 heterocycles. The SMILES string of the molecule is CCC(=O)N1N=C(c2cccc(NS(=O)(=O)CC)c2)C[C@H]1c1cccc([N+](=O)[O-])c1. The first kappa shape index (κ1) is 21.4. The number of nitrogens with zero attached hydrogens (tertiary/aromatic N) is 3. The third kappa shape index (κ3) is 4.65. The second-order valence-electron chi connectivity index (χ2n) is 6.80. The summed E-state index contributed by atoms with van der Waals surface area (Å²) in [5.74, 6) is -0.254. The van der Waals surface area contributed by atoms with Gasteiger partial charge in [-0.25, -0.2) is 13.4 Å². The third-order valence-electron chi connectivity index (χ3n) is 4.78. The highest BCUT2D eigenvalue weighted by atomic mass is 32.2. The fraction of sp³-hybridized carbons (Fsp3) is 0.300. The van der Waals surface area contributed by atoms with Gasteiger partial charge in [0.15, 0.2) is 0 Å². The smallest absolute Gasteiger partial charge is 0.269 e. The predicted octanol–water partition coefficient (Wildman–Crippen LogP) is 3.44. The number of nitro groups is 1. The topological polar surface area (TPSA) is 122 Å². The second-order valence-corrected chi connectivity index (χ2v) is 8.81. The predicted molar refractivity (Wildman–Crippen MR) is 114 cm³/mol. The van der Waals surface area contributed by atoms with Crippen LogP contribution in [0.15, 0.2) is 53.6 Å². The van der Waals surface area contributed by atoms with Crippen molar-refractivity contribution in [1.29, 1.82) is 0 Å². The number of nitro benzene ring substituents is 1. The van der Waals surface area contributed by atoms with E-state index in [1.165, 1.54) is 17.1 Å². The lowest BCUT2D eigenvalue weighted by atomic mass is 9.97. The monoisotopic (exact) mass is 430 g/mol. The van der Waals surface area contributed by atoms with Gasteiger partial charge in [-0.1, -0.05) is 31.2 Å². The number of sulfonamides is 1. The van der Waals surface area contributed by atoms with Crippen molar-refractivity contribution in [2.45, 2.75) is 32.7 Å². The number of anilines is 1. The molecule has 2 aromatic carbocycles. The van der Waals surface area contributed by atoms with Crippen LogP contribution in [0.2, 0.25) is 0 Å². The number of hydrogen-bond donors (Lipinski definition) is 1. The molecule has 0 bridgehead atoms. The van der Waals surface area contributed by atoms with Gasteiger partial charge in [0.05, 0.1) is 22.4 Å². The molecule has 3 rings (SSSR count). The Hall–Kier alpha value is -3.27. The van der Waals surface area contributed by atoms with Gasteiger partial charge in [-0.15, -0.1) is 0 Å². The van der Waals surface area contributed by atoms with E-state index >= 15 is 0 Å². The van der Waals surface area contributed by atoms with E-state index in [4.69, 9.17) is 0 Å². The minimum absolute atomic E-state index is 0.0498. The van der Waals surface area contributed by atoms with Crippen molar-refractivity contribution in [3.8, 4) is 0 Å². The molecule has 10 heteroatoms. The standard InChI is InChI=1S/C20H22N4O5S/c1-3-20(25)23-19(15-8-6-10-17(12-15)24(26)27)13-18(21-23)14-7-5-9-16(11-14)22-30(28,29)4-2/h5-12,19,22H,3-4,13H2,1-2H3/t19-/m0/s1. The maximum Gasteiger partial charge on any atom is 0.269 e. The van der Waals surface area contributed by atoms with Crippen LogP contribution in [0.4, 0.5) is 11.4 Å². The molecule has 0 aromatic heterocycles. The fourth-order valence-corrected chi connectivity index (χ4v) is 3.83. The molecule has 9 nitrogen and oxygen atoms in total. The van der Waals surface area contributed by atoms with E-state index in [0.717, 1.165) is 0 Å². The van der Waals surface area contributed by atoms with Crippen LogP contribution in [0.25, 0.3) is 0 Å². The molecule has 0 unspecified atom stereocenters. The van der Waals surface area contributed by atoms with Crippen molar-refractivity contribution in [1.82, 2.24) is 5.01 Å². The Balaban J connectivity index is 1.95. The van der Waals surface area contributed by atoms with Crippen LogP contribution >= 0.6 is 0 Å². The van der Waals surface area contributed by atoms with Crippen LogP contribution in [-0.2, 0) is 14.8 Å². The highest BCUT2D eigenvalue weighted by Crippen LogP contribution is 2.35. The number of carbonyl (C=O) groups is 1. The molecule has 0 fully saturated rings. The van der Waals surface area contributed by atoms with Gasteiger partial charge in [-0.3, -0.25) is 19.6 Å². The van der Waals surface area contributed by atoms with Crippen LogP contribution < -0.4 is 4.72 Å². The highest BCUT2D eigenvalue weighted by Gasteiger charge is 2.33. The molecule has 1 aliphatic rings. The normalized spacial score (nSPS) is 16.3. The number of hydrogen-bond acceptors (Lipinski definition) is 6. The molecule has 0 saturated carbocycles. The fourth-order valence-electron chi connectivity index (χ4n) is 3.20. The van der Waals surface area contributed by atoms with Crippen molar-refractivity contribution in [2.75, 3.05) is 10.5 Å². The van der Waals surface area contributed by atoms with E-state index in [0.29, 0.717) is 28.9 Å². The Morgan fingerprint density at radius 1 is 1.23 bits per heavy atom. The first-order valence-electron chi connectivity index (χ1n) is 9.49. The number of non-ortho nitro benzene ring substituents is 1. The lowest BCUT2D eigenvalue weighted by molar-refractivity contribution is -0.384. The zero-order valence-electron chi connectivity index (χ0n) is 16.6. The van der Waals surface area contributed by atoms with E-state index in [2.05, 4.69) is 9.82 Å². The average molecular weight is 430 g/mol. The maximum absolute atomic E-state index is 12.5. The van der Waals surface area contributed by atoms with Crippen LogP contribution in [0.5, 0.6) is 0 Å². The van der Waals surface area contributed by atoms with Crippen LogP contribution in [0, 0.1) is 10.1 Å². The van der Waals surface area contributed by atoms with Gasteiger partial charge in [0, 0.05) is 30.7 Å². The van der Waals surface area contributed by atoms with Gasteiger partial charge in [-0.05, 0) is 30.2 Å². The zero-order chi connectivity index (χ0) is 21.9. The maximum atomic E-state index is 12.5. The molecule has 1 aliphatic heterocycles. The van der Waals surface area contributed by atoms with Gasteiger partial charge in [0.25, 0.3) is 5.69 Å². The summed E-state index contributed by atoms with van der Waals surface area (Å²) in [7, 11) is -3.43. The number of nitrogens with one attached hydrogen (secondary N) is 1. The van der Waals surface area contributed by atoms with Crippen molar-refractivity contribution in [3.63, 3.8) is 0 Å². The summed E-state index contributed by atoms with van der Waals surface area (Å²) in [5, 5.41) is 17.0. The van der Waals surface area contributed by atoms with Crippen molar-refractivity contribution >= 4 is 33.0 Å². The molecule has 0 aliphatic carbocycles. The van der Waals surface area contributed by atoms with Gasteiger partial charge < -0.3 is 0 Å². The largest absolute Gasteiger partial charge is 0.284 e. The number of rotatable bonds is 7. The van der Waals surface area contributed by atoms with Gasteiger partial charge in [-0.2, -0.15) is 5.10 Å². The molecular weight excluding hydrogens is 408 g/mol. The molecule has 30 heavy (non-hydrogen) atoms.